The molecule has 0 radical (unpaired) electrons. The topological polar surface area (TPSA) is 79.4 Å². The fraction of sp³-hybridized carbons (Fsp3) is 0.368. The number of carbonyl (C=O) groups excluding carboxylic acids is 1. The van der Waals surface area contributed by atoms with Crippen LogP contribution in [0.5, 0.6) is 5.75 Å². The highest BCUT2D eigenvalue weighted by atomic mass is 35.5. The second-order valence-corrected chi connectivity index (χ2v) is 6.34. The number of halogens is 1. The lowest BCUT2D eigenvalue weighted by Gasteiger charge is -2.31. The average Bonchev–Trinajstić information content (AvgIpc) is 2.60. The van der Waals surface area contributed by atoms with Crippen LogP contribution in [-0.2, 0) is 4.79 Å². The van der Waals surface area contributed by atoms with E-state index in [0.29, 0.717) is 18.1 Å². The molecule has 1 aliphatic heterocycles. The number of nitrogens with zero attached hydrogens (tertiary/aromatic N) is 1. The molecule has 0 aliphatic carbocycles. The van der Waals surface area contributed by atoms with Crippen LogP contribution in [0.1, 0.15) is 25.7 Å². The number of piperidine rings is 1. The quantitative estimate of drug-likeness (QED) is 0.378. The van der Waals surface area contributed by atoms with Crippen molar-refractivity contribution in [3.05, 3.63) is 42.5 Å². The summed E-state index contributed by atoms with van der Waals surface area (Å²) >= 11 is 0. The number of ether oxygens (including phenoxy) is 1. The van der Waals surface area contributed by atoms with Crippen molar-refractivity contribution >= 4 is 35.1 Å². The average molecular weight is 362 g/mol. The fourth-order valence-corrected chi connectivity index (χ4v) is 3.20. The minimum Gasteiger partial charge on any atom is -0.427 e. The Morgan fingerprint density at radius 2 is 1.84 bits per heavy atom. The zero-order valence-electron chi connectivity index (χ0n) is 14.1. The van der Waals surface area contributed by atoms with E-state index in [4.69, 9.17) is 15.9 Å². The fourth-order valence-electron chi connectivity index (χ4n) is 3.20. The van der Waals surface area contributed by atoms with Gasteiger partial charge < -0.3 is 15.4 Å². The van der Waals surface area contributed by atoms with Crippen LogP contribution in [0.3, 0.4) is 0 Å². The normalized spacial score (nSPS) is 14.8. The molecule has 3 N–H and O–H groups in total. The van der Waals surface area contributed by atoms with E-state index >= 15 is 0 Å². The summed E-state index contributed by atoms with van der Waals surface area (Å²) in [5.74, 6) is 1.07. The molecule has 134 valence electrons. The highest BCUT2D eigenvalue weighted by Crippen LogP contribution is 2.24. The van der Waals surface area contributed by atoms with E-state index in [1.807, 2.05) is 47.4 Å². The first-order chi connectivity index (χ1) is 11.6. The summed E-state index contributed by atoms with van der Waals surface area (Å²) in [6, 6.07) is 13.7. The van der Waals surface area contributed by atoms with Gasteiger partial charge in [-0.25, -0.2) is 0 Å². The summed E-state index contributed by atoms with van der Waals surface area (Å²) in [6.07, 6.45) is 3.21. The number of nitrogens with one attached hydrogen (secondary N) is 1. The molecule has 5 nitrogen and oxygen atoms in total. The van der Waals surface area contributed by atoms with Gasteiger partial charge in [0, 0.05) is 19.5 Å². The van der Waals surface area contributed by atoms with Gasteiger partial charge in [-0.05, 0) is 48.1 Å². The summed E-state index contributed by atoms with van der Waals surface area (Å²) in [5, 5.41) is 9.64. The van der Waals surface area contributed by atoms with Crippen LogP contribution in [0.4, 0.5) is 0 Å². The van der Waals surface area contributed by atoms with Crippen LogP contribution in [0.2, 0.25) is 0 Å². The number of guanidine groups is 1. The van der Waals surface area contributed by atoms with E-state index in [0.717, 1.165) is 43.1 Å². The Balaban J connectivity index is 0.00000225. The molecule has 0 bridgehead atoms. The van der Waals surface area contributed by atoms with Gasteiger partial charge in [-0.1, -0.05) is 30.3 Å². The van der Waals surface area contributed by atoms with Gasteiger partial charge in [-0.3, -0.25) is 10.2 Å². The molecule has 0 spiro atoms. The smallest absolute Gasteiger partial charge is 0.311 e. The van der Waals surface area contributed by atoms with Gasteiger partial charge in [0.15, 0.2) is 5.96 Å². The number of likely N-dealkylation sites (tertiary alicyclic amines) is 1. The van der Waals surface area contributed by atoms with Crippen LogP contribution in [0, 0.1) is 11.3 Å². The van der Waals surface area contributed by atoms with Crippen LogP contribution in [0.25, 0.3) is 10.8 Å². The Morgan fingerprint density at radius 1 is 1.16 bits per heavy atom. The molecule has 0 amide bonds. The summed E-state index contributed by atoms with van der Waals surface area (Å²) in [6.45, 7) is 1.61. The third kappa shape index (κ3) is 5.10. The Hall–Kier alpha value is -2.27. The zero-order valence-corrected chi connectivity index (χ0v) is 14.9. The highest BCUT2D eigenvalue weighted by Gasteiger charge is 2.20. The van der Waals surface area contributed by atoms with Crippen LogP contribution >= 0.6 is 12.4 Å². The minimum atomic E-state index is -0.181. The molecule has 6 heteroatoms. The number of nitrogens with two attached hydrogens (primary N) is 1. The maximum Gasteiger partial charge on any atom is 0.311 e. The first kappa shape index (κ1) is 19.1. The first-order valence-corrected chi connectivity index (χ1v) is 8.40. The molecular weight excluding hydrogens is 338 g/mol. The third-order valence-electron chi connectivity index (χ3n) is 4.66. The molecule has 2 aromatic carbocycles. The minimum absolute atomic E-state index is 0. The second-order valence-electron chi connectivity index (χ2n) is 6.34. The zero-order chi connectivity index (χ0) is 16.9. The Bertz CT molecular complexity index is 742. The standard InChI is InChI=1S/C19H23N3O2.ClH/c20-19(21)22-11-9-14(10-12-22)5-8-18(23)24-17-7-6-15-3-1-2-4-16(15)13-17;/h1-4,6-7,13-14H,5,8-12H2,(H3,20,21);1H. The van der Waals surface area contributed by atoms with Crippen molar-refractivity contribution in [2.45, 2.75) is 25.7 Å². The van der Waals surface area contributed by atoms with Gasteiger partial charge in [0.05, 0.1) is 0 Å². The Kier molecular flexibility index (Phi) is 6.65. The molecule has 25 heavy (non-hydrogen) atoms. The molecule has 1 fully saturated rings. The van der Waals surface area contributed by atoms with E-state index in [1.54, 1.807) is 0 Å². The van der Waals surface area contributed by atoms with Gasteiger partial charge in [0.2, 0.25) is 0 Å². The molecular formula is C19H24ClN3O2. The van der Waals surface area contributed by atoms with E-state index < -0.39 is 0 Å². The molecule has 2 aromatic rings. The van der Waals surface area contributed by atoms with Crippen molar-refractivity contribution in [2.75, 3.05) is 13.1 Å². The third-order valence-corrected chi connectivity index (χ3v) is 4.66. The SMILES string of the molecule is Cl.N=C(N)N1CCC(CCC(=O)Oc2ccc3ccccc3c2)CC1. The summed E-state index contributed by atoms with van der Waals surface area (Å²) in [4.78, 5) is 14.0. The van der Waals surface area contributed by atoms with Gasteiger partial charge >= 0.3 is 5.97 Å². The number of carbonyl (C=O) groups is 1. The molecule has 1 saturated heterocycles. The summed E-state index contributed by atoms with van der Waals surface area (Å²) < 4.78 is 5.47. The first-order valence-electron chi connectivity index (χ1n) is 8.40. The number of benzene rings is 2. The van der Waals surface area contributed by atoms with E-state index in [-0.39, 0.29) is 24.3 Å². The maximum absolute atomic E-state index is 12.1. The van der Waals surface area contributed by atoms with E-state index in [1.165, 1.54) is 0 Å². The van der Waals surface area contributed by atoms with Crippen LogP contribution in [0.15, 0.2) is 42.5 Å². The summed E-state index contributed by atoms with van der Waals surface area (Å²) in [5.41, 5.74) is 5.50. The lowest BCUT2D eigenvalue weighted by atomic mass is 9.92. The predicted octanol–water partition coefficient (Wildman–Crippen LogP) is 3.55. The van der Waals surface area contributed by atoms with Crippen LogP contribution in [-0.4, -0.2) is 29.9 Å². The van der Waals surface area contributed by atoms with Crippen molar-refractivity contribution in [1.29, 1.82) is 5.41 Å². The molecule has 1 heterocycles. The highest BCUT2D eigenvalue weighted by molar-refractivity contribution is 5.85. The van der Waals surface area contributed by atoms with Gasteiger partial charge in [-0.2, -0.15) is 0 Å². The molecule has 0 saturated carbocycles. The van der Waals surface area contributed by atoms with Crippen molar-refractivity contribution in [3.63, 3.8) is 0 Å². The van der Waals surface area contributed by atoms with Crippen LogP contribution < -0.4 is 10.5 Å². The number of fused-ring (bicyclic) bond motifs is 1. The molecule has 0 atom stereocenters. The molecule has 0 unspecified atom stereocenters. The van der Waals surface area contributed by atoms with Crippen molar-refractivity contribution in [3.8, 4) is 5.75 Å². The summed E-state index contributed by atoms with van der Waals surface area (Å²) in [7, 11) is 0. The Morgan fingerprint density at radius 3 is 2.52 bits per heavy atom. The molecule has 3 rings (SSSR count). The van der Waals surface area contributed by atoms with Crippen molar-refractivity contribution in [1.82, 2.24) is 4.90 Å². The Labute approximate surface area is 154 Å². The van der Waals surface area contributed by atoms with Gasteiger partial charge in [-0.15, -0.1) is 12.4 Å². The molecule has 1 aliphatic rings. The van der Waals surface area contributed by atoms with Gasteiger partial charge in [0.1, 0.15) is 5.75 Å². The predicted molar refractivity (Wildman–Crippen MR) is 102 cm³/mol. The van der Waals surface area contributed by atoms with Crippen molar-refractivity contribution < 1.29 is 9.53 Å². The number of esters is 1. The number of rotatable bonds is 4. The second kappa shape index (κ2) is 8.72. The van der Waals surface area contributed by atoms with Gasteiger partial charge in [0.25, 0.3) is 0 Å². The number of hydrogen-bond acceptors (Lipinski definition) is 3. The lowest BCUT2D eigenvalue weighted by molar-refractivity contribution is -0.134. The van der Waals surface area contributed by atoms with E-state index in [2.05, 4.69) is 0 Å². The largest absolute Gasteiger partial charge is 0.427 e. The lowest BCUT2D eigenvalue weighted by Crippen LogP contribution is -2.42. The van der Waals surface area contributed by atoms with Crippen molar-refractivity contribution in [2.24, 2.45) is 11.7 Å². The monoisotopic (exact) mass is 361 g/mol. The number of hydrogen-bond donors (Lipinski definition) is 2. The van der Waals surface area contributed by atoms with E-state index in [9.17, 15) is 4.79 Å². The molecule has 0 aromatic heterocycles. The maximum atomic E-state index is 12.1.